The minimum Gasteiger partial charge on any atom is -0.384 e. The second kappa shape index (κ2) is 7.28. The Balaban J connectivity index is 2.11. The molecule has 21 heavy (non-hydrogen) atoms. The van der Waals surface area contributed by atoms with Gasteiger partial charge in [0, 0.05) is 24.2 Å². The van der Waals surface area contributed by atoms with Gasteiger partial charge in [-0.15, -0.1) is 0 Å². The van der Waals surface area contributed by atoms with Crippen molar-refractivity contribution in [2.45, 2.75) is 33.1 Å². The Morgan fingerprint density at radius 3 is 2.71 bits per heavy atom. The number of amides is 1. The van der Waals surface area contributed by atoms with Crippen LogP contribution < -0.4 is 0 Å². The van der Waals surface area contributed by atoms with Gasteiger partial charge >= 0.3 is 0 Å². The van der Waals surface area contributed by atoms with Crippen LogP contribution in [0.1, 0.15) is 47.7 Å². The molecule has 1 aromatic carbocycles. The molecule has 0 unspecified atom stereocenters. The van der Waals surface area contributed by atoms with Crippen molar-refractivity contribution in [1.82, 2.24) is 4.90 Å². The first-order valence-electron chi connectivity index (χ1n) is 7.65. The largest absolute Gasteiger partial charge is 0.384 e. The lowest BCUT2D eigenvalue weighted by molar-refractivity contribution is 0.0706. The molecule has 1 aliphatic carbocycles. The van der Waals surface area contributed by atoms with E-state index in [2.05, 4.69) is 11.8 Å². The highest BCUT2D eigenvalue weighted by Crippen LogP contribution is 2.27. The number of nitrogens with zero attached hydrogens (tertiary/aromatic N) is 1. The highest BCUT2D eigenvalue weighted by Gasteiger charge is 2.23. The first-order chi connectivity index (χ1) is 10.2. The number of aliphatic hydroxyl groups excluding tert-OH is 1. The fourth-order valence-electron chi connectivity index (χ4n) is 2.60. The summed E-state index contributed by atoms with van der Waals surface area (Å²) in [5.74, 6) is 6.33. The topological polar surface area (TPSA) is 40.5 Å². The minimum absolute atomic E-state index is 0.106. The fraction of sp³-hybridized carbons (Fsp3) is 0.500. The number of rotatable bonds is 4. The molecule has 1 saturated carbocycles. The maximum atomic E-state index is 12.6. The van der Waals surface area contributed by atoms with Gasteiger partial charge in [0.2, 0.25) is 0 Å². The van der Waals surface area contributed by atoms with Crippen molar-refractivity contribution < 1.29 is 9.90 Å². The SMILES string of the molecule is CCN(CC1CCC1)C(=O)c1ccc(C#CCO)c(C)c1. The summed E-state index contributed by atoms with van der Waals surface area (Å²) >= 11 is 0. The number of carbonyl (C=O) groups excluding carboxylic acids is 1. The zero-order valence-corrected chi connectivity index (χ0v) is 12.9. The van der Waals surface area contributed by atoms with Gasteiger partial charge in [-0.2, -0.15) is 0 Å². The molecule has 0 atom stereocenters. The van der Waals surface area contributed by atoms with Gasteiger partial charge in [0.05, 0.1) is 0 Å². The minimum atomic E-state index is -0.148. The quantitative estimate of drug-likeness (QED) is 0.864. The molecular weight excluding hydrogens is 262 g/mol. The predicted octanol–water partition coefficient (Wildman–Crippen LogP) is 2.60. The summed E-state index contributed by atoms with van der Waals surface area (Å²) in [5, 5.41) is 8.74. The summed E-state index contributed by atoms with van der Waals surface area (Å²) in [6.45, 7) is 5.46. The molecule has 0 aliphatic heterocycles. The second-order valence-electron chi connectivity index (χ2n) is 5.63. The Morgan fingerprint density at radius 2 is 2.19 bits per heavy atom. The average molecular weight is 285 g/mol. The standard InChI is InChI=1S/C18H23NO2/c1-3-19(13-15-6-4-7-15)18(21)17-10-9-16(8-5-11-20)14(2)12-17/h9-10,12,15,20H,3-4,6-7,11,13H2,1-2H3. The van der Waals surface area contributed by atoms with Crippen LogP contribution in [0.5, 0.6) is 0 Å². The van der Waals surface area contributed by atoms with Gasteiger partial charge < -0.3 is 10.0 Å². The second-order valence-corrected chi connectivity index (χ2v) is 5.63. The lowest BCUT2D eigenvalue weighted by atomic mass is 9.85. The predicted molar refractivity (Wildman–Crippen MR) is 84.1 cm³/mol. The summed E-state index contributed by atoms with van der Waals surface area (Å²) in [4.78, 5) is 14.5. The Hall–Kier alpha value is -1.79. The van der Waals surface area contributed by atoms with Crippen LogP contribution >= 0.6 is 0 Å². The molecule has 0 heterocycles. The van der Waals surface area contributed by atoms with Crippen LogP contribution in [-0.2, 0) is 0 Å². The Labute approximate surface area is 127 Å². The summed E-state index contributed by atoms with van der Waals surface area (Å²) in [5.41, 5.74) is 2.56. The van der Waals surface area contributed by atoms with Gasteiger partial charge in [-0.05, 0) is 56.4 Å². The van der Waals surface area contributed by atoms with Crippen LogP contribution in [-0.4, -0.2) is 35.6 Å². The molecule has 3 heteroatoms. The number of benzene rings is 1. The van der Waals surface area contributed by atoms with E-state index in [1.165, 1.54) is 19.3 Å². The van der Waals surface area contributed by atoms with Gasteiger partial charge in [-0.25, -0.2) is 0 Å². The molecule has 1 amide bonds. The van der Waals surface area contributed by atoms with E-state index in [0.717, 1.165) is 29.8 Å². The van der Waals surface area contributed by atoms with E-state index in [1.807, 2.05) is 36.9 Å². The molecule has 1 N–H and O–H groups in total. The third-order valence-electron chi connectivity index (χ3n) is 4.15. The molecule has 1 aromatic rings. The fourth-order valence-corrected chi connectivity index (χ4v) is 2.60. The first-order valence-corrected chi connectivity index (χ1v) is 7.65. The highest BCUT2D eigenvalue weighted by molar-refractivity contribution is 5.94. The summed E-state index contributed by atoms with van der Waals surface area (Å²) in [6, 6.07) is 5.59. The third-order valence-corrected chi connectivity index (χ3v) is 4.15. The van der Waals surface area contributed by atoms with Crippen molar-refractivity contribution in [3.63, 3.8) is 0 Å². The van der Waals surface area contributed by atoms with Crippen molar-refractivity contribution in [3.8, 4) is 11.8 Å². The summed E-state index contributed by atoms with van der Waals surface area (Å²) < 4.78 is 0. The van der Waals surface area contributed by atoms with Crippen molar-refractivity contribution in [2.24, 2.45) is 5.92 Å². The number of hydrogen-bond donors (Lipinski definition) is 1. The zero-order chi connectivity index (χ0) is 15.2. The molecule has 1 fully saturated rings. The van der Waals surface area contributed by atoms with Crippen LogP contribution in [0.15, 0.2) is 18.2 Å². The van der Waals surface area contributed by atoms with Crippen molar-refractivity contribution in [3.05, 3.63) is 34.9 Å². The van der Waals surface area contributed by atoms with Crippen molar-refractivity contribution in [2.75, 3.05) is 19.7 Å². The van der Waals surface area contributed by atoms with E-state index in [1.54, 1.807) is 0 Å². The van der Waals surface area contributed by atoms with Gasteiger partial charge in [-0.3, -0.25) is 4.79 Å². The molecule has 0 bridgehead atoms. The molecule has 3 nitrogen and oxygen atoms in total. The molecule has 0 saturated heterocycles. The molecule has 0 aromatic heterocycles. The zero-order valence-electron chi connectivity index (χ0n) is 12.9. The average Bonchev–Trinajstić information content (AvgIpc) is 2.44. The van der Waals surface area contributed by atoms with Gasteiger partial charge in [0.1, 0.15) is 6.61 Å². The Bertz CT molecular complexity index is 564. The van der Waals surface area contributed by atoms with Crippen LogP contribution in [0.4, 0.5) is 0 Å². The number of hydrogen-bond acceptors (Lipinski definition) is 2. The first kappa shape index (κ1) is 15.6. The maximum absolute atomic E-state index is 12.6. The summed E-state index contributed by atoms with van der Waals surface area (Å²) in [6.07, 6.45) is 3.80. The smallest absolute Gasteiger partial charge is 0.253 e. The van der Waals surface area contributed by atoms with E-state index in [0.29, 0.717) is 5.92 Å². The molecule has 1 aliphatic rings. The number of aliphatic hydroxyl groups is 1. The van der Waals surface area contributed by atoms with Gasteiger partial charge in [0.25, 0.3) is 5.91 Å². The van der Waals surface area contributed by atoms with E-state index in [-0.39, 0.29) is 12.5 Å². The molecule has 112 valence electrons. The highest BCUT2D eigenvalue weighted by atomic mass is 16.2. The van der Waals surface area contributed by atoms with Gasteiger partial charge in [0.15, 0.2) is 0 Å². The number of carbonyl (C=O) groups is 1. The molecule has 0 spiro atoms. The number of aryl methyl sites for hydroxylation is 1. The molecular formula is C18H23NO2. The van der Waals surface area contributed by atoms with E-state index < -0.39 is 0 Å². The van der Waals surface area contributed by atoms with Crippen molar-refractivity contribution >= 4 is 5.91 Å². The van der Waals surface area contributed by atoms with E-state index in [9.17, 15) is 4.79 Å². The van der Waals surface area contributed by atoms with Crippen LogP contribution in [0.2, 0.25) is 0 Å². The van der Waals surface area contributed by atoms with Crippen LogP contribution in [0.25, 0.3) is 0 Å². The normalized spacial score (nSPS) is 14.0. The maximum Gasteiger partial charge on any atom is 0.253 e. The molecule has 2 rings (SSSR count). The van der Waals surface area contributed by atoms with Crippen LogP contribution in [0, 0.1) is 24.7 Å². The van der Waals surface area contributed by atoms with Crippen LogP contribution in [0.3, 0.4) is 0 Å². The Kier molecular flexibility index (Phi) is 5.41. The van der Waals surface area contributed by atoms with E-state index in [4.69, 9.17) is 5.11 Å². The lowest BCUT2D eigenvalue weighted by Gasteiger charge is -2.32. The Morgan fingerprint density at radius 1 is 1.43 bits per heavy atom. The van der Waals surface area contributed by atoms with E-state index >= 15 is 0 Å². The lowest BCUT2D eigenvalue weighted by Crippen LogP contribution is -2.37. The van der Waals surface area contributed by atoms with Crippen molar-refractivity contribution in [1.29, 1.82) is 0 Å². The third kappa shape index (κ3) is 3.86. The van der Waals surface area contributed by atoms with Gasteiger partial charge in [-0.1, -0.05) is 18.3 Å². The molecule has 0 radical (unpaired) electrons. The monoisotopic (exact) mass is 285 g/mol. The summed E-state index contributed by atoms with van der Waals surface area (Å²) in [7, 11) is 0.